The number of thioether (sulfide) groups is 1. The largest absolute Gasteiger partial charge is 0.478 e. The molecule has 112 valence electrons. The second-order valence-corrected chi connectivity index (χ2v) is 6.26. The third-order valence-corrected chi connectivity index (χ3v) is 4.84. The molecule has 1 saturated heterocycles. The Balaban J connectivity index is 1.93. The van der Waals surface area contributed by atoms with E-state index in [0.717, 1.165) is 11.3 Å². The zero-order chi connectivity index (χ0) is 15.7. The van der Waals surface area contributed by atoms with E-state index in [9.17, 15) is 9.59 Å². The molecular weight excluding hydrogens is 298 g/mol. The number of hydrogen-bond acceptors (Lipinski definition) is 3. The summed E-state index contributed by atoms with van der Waals surface area (Å²) in [6.07, 6.45) is 0. The number of aryl methyl sites for hydroxylation is 1. The van der Waals surface area contributed by atoms with Crippen molar-refractivity contribution in [2.24, 2.45) is 0 Å². The van der Waals surface area contributed by atoms with Crippen molar-refractivity contribution >= 4 is 29.3 Å². The van der Waals surface area contributed by atoms with E-state index >= 15 is 0 Å². The number of hydrogen-bond donors (Lipinski definition) is 1. The Morgan fingerprint density at radius 2 is 1.77 bits per heavy atom. The van der Waals surface area contributed by atoms with E-state index in [2.05, 4.69) is 0 Å². The fourth-order valence-electron chi connectivity index (χ4n) is 2.45. The van der Waals surface area contributed by atoms with Gasteiger partial charge in [-0.15, -0.1) is 11.8 Å². The first kappa shape index (κ1) is 14.7. The summed E-state index contributed by atoms with van der Waals surface area (Å²) >= 11 is 1.58. The molecule has 1 amide bonds. The molecule has 1 atom stereocenters. The Hall–Kier alpha value is -2.27. The smallest absolute Gasteiger partial charge is 0.335 e. The zero-order valence-corrected chi connectivity index (χ0v) is 12.8. The van der Waals surface area contributed by atoms with Crippen molar-refractivity contribution in [2.75, 3.05) is 10.7 Å². The molecule has 1 N–H and O–H groups in total. The van der Waals surface area contributed by atoms with Crippen LogP contribution in [0.2, 0.25) is 0 Å². The SMILES string of the molecule is Cc1ccc([C@@H]2SCC(=O)N2c2ccc(C(=O)O)cc2)cc1. The minimum Gasteiger partial charge on any atom is -0.478 e. The van der Waals surface area contributed by atoms with Crippen LogP contribution < -0.4 is 4.90 Å². The average Bonchev–Trinajstić information content (AvgIpc) is 2.90. The van der Waals surface area contributed by atoms with Gasteiger partial charge in [-0.05, 0) is 36.8 Å². The predicted molar refractivity (Wildman–Crippen MR) is 87.3 cm³/mol. The van der Waals surface area contributed by atoms with Crippen LogP contribution in [0.1, 0.15) is 26.9 Å². The maximum Gasteiger partial charge on any atom is 0.335 e. The van der Waals surface area contributed by atoms with E-state index in [-0.39, 0.29) is 16.8 Å². The maximum atomic E-state index is 12.2. The highest BCUT2D eigenvalue weighted by Gasteiger charge is 2.33. The van der Waals surface area contributed by atoms with Gasteiger partial charge in [0, 0.05) is 5.69 Å². The Morgan fingerprint density at radius 3 is 2.36 bits per heavy atom. The van der Waals surface area contributed by atoms with Crippen molar-refractivity contribution in [2.45, 2.75) is 12.3 Å². The molecule has 0 radical (unpaired) electrons. The van der Waals surface area contributed by atoms with Crippen LogP contribution in [0.15, 0.2) is 48.5 Å². The molecule has 0 bridgehead atoms. The Kier molecular flexibility index (Phi) is 3.90. The van der Waals surface area contributed by atoms with Gasteiger partial charge in [0.05, 0.1) is 11.3 Å². The number of nitrogens with zero attached hydrogens (tertiary/aromatic N) is 1. The molecule has 22 heavy (non-hydrogen) atoms. The summed E-state index contributed by atoms with van der Waals surface area (Å²) in [5, 5.41) is 8.90. The van der Waals surface area contributed by atoms with Crippen molar-refractivity contribution in [1.29, 1.82) is 0 Å². The second-order valence-electron chi connectivity index (χ2n) is 5.19. The number of aromatic carboxylic acids is 1. The van der Waals surface area contributed by atoms with E-state index < -0.39 is 5.97 Å². The van der Waals surface area contributed by atoms with Crippen LogP contribution in [0.3, 0.4) is 0 Å². The van der Waals surface area contributed by atoms with Gasteiger partial charge >= 0.3 is 5.97 Å². The third kappa shape index (κ3) is 2.72. The molecule has 1 aliphatic heterocycles. The average molecular weight is 313 g/mol. The minimum absolute atomic E-state index is 0.0404. The lowest BCUT2D eigenvalue weighted by Gasteiger charge is -2.24. The summed E-state index contributed by atoms with van der Waals surface area (Å²) < 4.78 is 0. The Labute approximate surface area is 132 Å². The summed E-state index contributed by atoms with van der Waals surface area (Å²) in [6.45, 7) is 2.03. The predicted octanol–water partition coefficient (Wildman–Crippen LogP) is 3.47. The molecule has 1 heterocycles. The summed E-state index contributed by atoms with van der Waals surface area (Å²) in [4.78, 5) is 24.9. The normalized spacial score (nSPS) is 17.8. The van der Waals surface area contributed by atoms with Gasteiger partial charge in [-0.1, -0.05) is 29.8 Å². The Bertz CT molecular complexity index is 710. The van der Waals surface area contributed by atoms with Crippen LogP contribution in [-0.2, 0) is 4.79 Å². The van der Waals surface area contributed by atoms with Gasteiger partial charge in [0.15, 0.2) is 0 Å². The second kappa shape index (κ2) is 5.85. The standard InChI is InChI=1S/C17H15NO3S/c1-11-2-4-12(5-3-11)16-18(15(19)10-22-16)14-8-6-13(7-9-14)17(20)21/h2-9,16H,10H2,1H3,(H,20,21)/t16-/m0/s1. The maximum absolute atomic E-state index is 12.2. The molecule has 1 aliphatic rings. The van der Waals surface area contributed by atoms with Gasteiger partial charge < -0.3 is 5.11 Å². The summed E-state index contributed by atoms with van der Waals surface area (Å²) in [6, 6.07) is 14.6. The molecular formula is C17H15NO3S. The molecule has 0 unspecified atom stereocenters. The quantitative estimate of drug-likeness (QED) is 0.942. The van der Waals surface area contributed by atoms with Gasteiger partial charge in [-0.25, -0.2) is 4.79 Å². The molecule has 5 heteroatoms. The fourth-order valence-corrected chi connectivity index (χ4v) is 3.62. The van der Waals surface area contributed by atoms with Crippen molar-refractivity contribution < 1.29 is 14.7 Å². The lowest BCUT2D eigenvalue weighted by atomic mass is 10.1. The minimum atomic E-state index is -0.969. The third-order valence-electron chi connectivity index (χ3n) is 3.62. The molecule has 0 aromatic heterocycles. The first-order valence-electron chi connectivity index (χ1n) is 6.90. The Morgan fingerprint density at radius 1 is 1.14 bits per heavy atom. The molecule has 0 saturated carbocycles. The molecule has 4 nitrogen and oxygen atoms in total. The number of anilines is 1. The van der Waals surface area contributed by atoms with Crippen LogP contribution in [0.25, 0.3) is 0 Å². The summed E-state index contributed by atoms with van der Waals surface area (Å²) in [7, 11) is 0. The number of carbonyl (C=O) groups excluding carboxylic acids is 1. The van der Waals surface area contributed by atoms with Gasteiger partial charge in [0.1, 0.15) is 5.37 Å². The van der Waals surface area contributed by atoms with E-state index in [0.29, 0.717) is 5.75 Å². The van der Waals surface area contributed by atoms with Gasteiger partial charge in [-0.3, -0.25) is 9.69 Å². The molecule has 2 aromatic carbocycles. The summed E-state index contributed by atoms with van der Waals surface area (Å²) in [5.74, 6) is -0.499. The highest BCUT2D eigenvalue weighted by Crippen LogP contribution is 2.41. The molecule has 3 rings (SSSR count). The first-order valence-corrected chi connectivity index (χ1v) is 7.95. The van der Waals surface area contributed by atoms with E-state index in [4.69, 9.17) is 5.11 Å². The van der Waals surface area contributed by atoms with Crippen molar-refractivity contribution in [3.63, 3.8) is 0 Å². The topological polar surface area (TPSA) is 57.6 Å². The van der Waals surface area contributed by atoms with Crippen molar-refractivity contribution in [3.05, 3.63) is 65.2 Å². The summed E-state index contributed by atoms with van der Waals surface area (Å²) in [5.41, 5.74) is 3.19. The van der Waals surface area contributed by atoms with Gasteiger partial charge in [0.25, 0.3) is 0 Å². The number of amides is 1. The van der Waals surface area contributed by atoms with E-state index in [1.807, 2.05) is 31.2 Å². The number of carboxylic acids is 1. The monoisotopic (exact) mass is 313 g/mol. The van der Waals surface area contributed by atoms with Gasteiger partial charge in [-0.2, -0.15) is 0 Å². The molecule has 2 aromatic rings. The van der Waals surface area contributed by atoms with Crippen molar-refractivity contribution in [1.82, 2.24) is 0 Å². The van der Waals surface area contributed by atoms with Crippen LogP contribution in [0.5, 0.6) is 0 Å². The first-order chi connectivity index (χ1) is 10.6. The number of carbonyl (C=O) groups is 2. The highest BCUT2D eigenvalue weighted by molar-refractivity contribution is 8.00. The number of carboxylic acid groups (broad SMARTS) is 1. The lowest BCUT2D eigenvalue weighted by molar-refractivity contribution is -0.115. The van der Waals surface area contributed by atoms with Crippen molar-refractivity contribution in [3.8, 4) is 0 Å². The molecule has 0 aliphatic carbocycles. The highest BCUT2D eigenvalue weighted by atomic mass is 32.2. The number of rotatable bonds is 3. The zero-order valence-electron chi connectivity index (χ0n) is 12.0. The van der Waals surface area contributed by atoms with Crippen LogP contribution in [0, 0.1) is 6.92 Å². The van der Waals surface area contributed by atoms with E-state index in [1.165, 1.54) is 17.7 Å². The van der Waals surface area contributed by atoms with E-state index in [1.54, 1.807) is 28.8 Å². The number of benzene rings is 2. The lowest BCUT2D eigenvalue weighted by Crippen LogP contribution is -2.27. The van der Waals surface area contributed by atoms with Crippen LogP contribution in [0.4, 0.5) is 5.69 Å². The fraction of sp³-hybridized carbons (Fsp3) is 0.176. The van der Waals surface area contributed by atoms with Gasteiger partial charge in [0.2, 0.25) is 5.91 Å². The van der Waals surface area contributed by atoms with Crippen LogP contribution in [-0.4, -0.2) is 22.7 Å². The molecule has 1 fully saturated rings. The van der Waals surface area contributed by atoms with Crippen LogP contribution >= 0.6 is 11.8 Å². The molecule has 0 spiro atoms.